The Kier molecular flexibility index (Phi) is 6.95. The number of nitrogens with one attached hydrogen (secondary N) is 1. The van der Waals surface area contributed by atoms with Gasteiger partial charge in [-0.1, -0.05) is 19.1 Å². The molecule has 106 valence electrons. The minimum atomic E-state index is -0.162. The Balaban J connectivity index is 2.55. The zero-order valence-corrected chi connectivity index (χ0v) is 12.9. The Bertz CT molecular complexity index is 407. The van der Waals surface area contributed by atoms with E-state index < -0.39 is 0 Å². The number of benzene rings is 1. The van der Waals surface area contributed by atoms with Crippen molar-refractivity contribution in [2.75, 3.05) is 12.3 Å². The van der Waals surface area contributed by atoms with Gasteiger partial charge >= 0.3 is 5.97 Å². The van der Waals surface area contributed by atoms with Crippen molar-refractivity contribution in [1.29, 1.82) is 0 Å². The number of carbonyl (C=O) groups excluding carboxylic acids is 1. The highest BCUT2D eigenvalue weighted by Gasteiger charge is 2.08. The standard InChI is InChI=1S/C15H23NO2S/c1-5-16-12(4)13-7-6-8-14(9-13)19-10-15(17)18-11(2)3/h6-9,11-12,16H,5,10H2,1-4H3. The molecule has 0 heterocycles. The summed E-state index contributed by atoms with van der Waals surface area (Å²) >= 11 is 1.52. The fourth-order valence-corrected chi connectivity index (χ4v) is 2.48. The Morgan fingerprint density at radius 3 is 2.74 bits per heavy atom. The van der Waals surface area contributed by atoms with Crippen molar-refractivity contribution in [2.24, 2.45) is 0 Å². The second-order valence-electron chi connectivity index (χ2n) is 4.68. The third-order valence-corrected chi connectivity index (χ3v) is 3.56. The summed E-state index contributed by atoms with van der Waals surface area (Å²) < 4.78 is 5.12. The van der Waals surface area contributed by atoms with E-state index in [0.717, 1.165) is 11.4 Å². The fourth-order valence-electron chi connectivity index (χ4n) is 1.74. The quantitative estimate of drug-likeness (QED) is 0.614. The molecule has 1 rings (SSSR count). The van der Waals surface area contributed by atoms with Gasteiger partial charge in [-0.25, -0.2) is 0 Å². The number of rotatable bonds is 7. The van der Waals surface area contributed by atoms with Crippen molar-refractivity contribution in [3.05, 3.63) is 29.8 Å². The number of esters is 1. The summed E-state index contributed by atoms with van der Waals surface area (Å²) in [5, 5.41) is 3.38. The van der Waals surface area contributed by atoms with E-state index in [9.17, 15) is 4.79 Å². The van der Waals surface area contributed by atoms with Crippen molar-refractivity contribution < 1.29 is 9.53 Å². The first-order valence-corrected chi connectivity index (χ1v) is 7.67. The first-order chi connectivity index (χ1) is 9.02. The minimum Gasteiger partial charge on any atom is -0.462 e. The van der Waals surface area contributed by atoms with Crippen LogP contribution in [0.25, 0.3) is 0 Å². The molecule has 0 amide bonds. The molecule has 3 nitrogen and oxygen atoms in total. The van der Waals surface area contributed by atoms with Crippen LogP contribution in [0.3, 0.4) is 0 Å². The van der Waals surface area contributed by atoms with E-state index >= 15 is 0 Å². The molecule has 1 N–H and O–H groups in total. The maximum Gasteiger partial charge on any atom is 0.316 e. The highest BCUT2D eigenvalue weighted by molar-refractivity contribution is 8.00. The lowest BCUT2D eigenvalue weighted by atomic mass is 10.1. The first kappa shape index (κ1) is 16.1. The lowest BCUT2D eigenvalue weighted by Gasteiger charge is -2.13. The van der Waals surface area contributed by atoms with Gasteiger partial charge in [-0.15, -0.1) is 11.8 Å². The molecule has 0 aromatic heterocycles. The lowest BCUT2D eigenvalue weighted by molar-refractivity contribution is -0.144. The van der Waals surface area contributed by atoms with E-state index in [1.54, 1.807) is 0 Å². The molecule has 1 aromatic carbocycles. The van der Waals surface area contributed by atoms with Gasteiger partial charge in [0.1, 0.15) is 0 Å². The van der Waals surface area contributed by atoms with Crippen LogP contribution in [0.15, 0.2) is 29.2 Å². The predicted molar refractivity (Wildman–Crippen MR) is 80.5 cm³/mol. The minimum absolute atomic E-state index is 0.0480. The summed E-state index contributed by atoms with van der Waals surface area (Å²) in [4.78, 5) is 12.6. The zero-order chi connectivity index (χ0) is 14.3. The van der Waals surface area contributed by atoms with Crippen LogP contribution >= 0.6 is 11.8 Å². The van der Waals surface area contributed by atoms with Crippen LogP contribution in [0.2, 0.25) is 0 Å². The first-order valence-electron chi connectivity index (χ1n) is 6.68. The highest BCUT2D eigenvalue weighted by atomic mass is 32.2. The average Bonchev–Trinajstić information content (AvgIpc) is 2.36. The smallest absolute Gasteiger partial charge is 0.316 e. The molecule has 0 spiro atoms. The molecule has 19 heavy (non-hydrogen) atoms. The normalized spacial score (nSPS) is 12.5. The number of thioether (sulfide) groups is 1. The molecule has 1 unspecified atom stereocenters. The van der Waals surface area contributed by atoms with Crippen molar-refractivity contribution in [1.82, 2.24) is 5.32 Å². The molecule has 0 fully saturated rings. The molecule has 0 radical (unpaired) electrons. The van der Waals surface area contributed by atoms with Gasteiger partial charge in [-0.2, -0.15) is 0 Å². The van der Waals surface area contributed by atoms with Gasteiger partial charge in [0.15, 0.2) is 0 Å². The Morgan fingerprint density at radius 2 is 2.11 bits per heavy atom. The summed E-state index contributed by atoms with van der Waals surface area (Å²) in [6.07, 6.45) is -0.0480. The number of hydrogen-bond acceptors (Lipinski definition) is 4. The maximum absolute atomic E-state index is 11.5. The topological polar surface area (TPSA) is 38.3 Å². The van der Waals surface area contributed by atoms with Gasteiger partial charge in [0.05, 0.1) is 11.9 Å². The van der Waals surface area contributed by atoms with Gasteiger partial charge in [-0.3, -0.25) is 4.79 Å². The third-order valence-electron chi connectivity index (χ3n) is 2.59. The van der Waals surface area contributed by atoms with Crippen LogP contribution < -0.4 is 5.32 Å². The van der Waals surface area contributed by atoms with E-state index in [1.807, 2.05) is 26.0 Å². The predicted octanol–water partition coefficient (Wildman–Crippen LogP) is 3.40. The summed E-state index contributed by atoms with van der Waals surface area (Å²) in [5.41, 5.74) is 1.24. The highest BCUT2D eigenvalue weighted by Crippen LogP contribution is 2.22. The van der Waals surface area contributed by atoms with Crippen LogP contribution in [0.1, 0.15) is 39.3 Å². The fraction of sp³-hybridized carbons (Fsp3) is 0.533. The zero-order valence-electron chi connectivity index (χ0n) is 12.1. The van der Waals surface area contributed by atoms with Crippen molar-refractivity contribution >= 4 is 17.7 Å². The van der Waals surface area contributed by atoms with Crippen molar-refractivity contribution in [3.63, 3.8) is 0 Å². The van der Waals surface area contributed by atoms with Crippen LogP contribution in [0.5, 0.6) is 0 Å². The van der Waals surface area contributed by atoms with Crippen LogP contribution in [0, 0.1) is 0 Å². The summed E-state index contributed by atoms with van der Waals surface area (Å²) in [7, 11) is 0. The molecule has 0 saturated heterocycles. The van der Waals surface area contributed by atoms with Gasteiger partial charge < -0.3 is 10.1 Å². The molecular weight excluding hydrogens is 258 g/mol. The van der Waals surface area contributed by atoms with Gasteiger partial charge in [0.25, 0.3) is 0 Å². The van der Waals surface area contributed by atoms with E-state index in [-0.39, 0.29) is 12.1 Å². The maximum atomic E-state index is 11.5. The number of carbonyl (C=O) groups is 1. The van der Waals surface area contributed by atoms with E-state index in [2.05, 4.69) is 31.3 Å². The summed E-state index contributed by atoms with van der Waals surface area (Å²) in [6.45, 7) is 8.90. The van der Waals surface area contributed by atoms with Gasteiger partial charge in [-0.05, 0) is 45.0 Å². The molecule has 4 heteroatoms. The molecule has 0 aliphatic heterocycles. The summed E-state index contributed by atoms with van der Waals surface area (Å²) in [6, 6.07) is 8.60. The van der Waals surface area contributed by atoms with Gasteiger partial charge in [0, 0.05) is 10.9 Å². The van der Waals surface area contributed by atoms with Crippen molar-refractivity contribution in [3.8, 4) is 0 Å². The summed E-state index contributed by atoms with van der Waals surface area (Å²) in [5.74, 6) is 0.196. The SMILES string of the molecule is CCNC(C)c1cccc(SCC(=O)OC(C)C)c1. The number of ether oxygens (including phenoxy) is 1. The average molecular weight is 281 g/mol. The van der Waals surface area contributed by atoms with Gasteiger partial charge in [0.2, 0.25) is 0 Å². The van der Waals surface area contributed by atoms with E-state index in [0.29, 0.717) is 11.8 Å². The largest absolute Gasteiger partial charge is 0.462 e. The molecule has 0 aliphatic carbocycles. The Morgan fingerprint density at radius 1 is 1.37 bits per heavy atom. The molecule has 0 bridgehead atoms. The molecule has 0 aliphatic rings. The number of hydrogen-bond donors (Lipinski definition) is 1. The van der Waals surface area contributed by atoms with Crippen molar-refractivity contribution in [2.45, 2.75) is 44.7 Å². The van der Waals surface area contributed by atoms with Crippen LogP contribution in [-0.4, -0.2) is 24.4 Å². The second-order valence-corrected chi connectivity index (χ2v) is 5.73. The second kappa shape index (κ2) is 8.23. The van der Waals surface area contributed by atoms with Crippen LogP contribution in [0.4, 0.5) is 0 Å². The van der Waals surface area contributed by atoms with E-state index in [4.69, 9.17) is 4.74 Å². The third kappa shape index (κ3) is 6.12. The molecule has 0 saturated carbocycles. The molecule has 1 atom stereocenters. The molecular formula is C15H23NO2S. The molecule has 1 aromatic rings. The Labute approximate surface area is 120 Å². The lowest BCUT2D eigenvalue weighted by Crippen LogP contribution is -2.17. The van der Waals surface area contributed by atoms with Crippen LogP contribution in [-0.2, 0) is 9.53 Å². The monoisotopic (exact) mass is 281 g/mol. The van der Waals surface area contributed by atoms with E-state index in [1.165, 1.54) is 17.3 Å². The Hall–Kier alpha value is -1.00.